The van der Waals surface area contributed by atoms with Crippen LogP contribution in [0, 0.1) is 17.5 Å². The topological polar surface area (TPSA) is 71.1 Å². The quantitative estimate of drug-likeness (QED) is 0.552. The van der Waals surface area contributed by atoms with E-state index in [0.29, 0.717) is 29.8 Å². The van der Waals surface area contributed by atoms with Crippen LogP contribution in [0.25, 0.3) is 0 Å². The van der Waals surface area contributed by atoms with Gasteiger partial charge in [0.15, 0.2) is 11.6 Å². The molecule has 3 fully saturated rings. The third-order valence-corrected chi connectivity index (χ3v) is 8.11. The van der Waals surface area contributed by atoms with Gasteiger partial charge in [-0.2, -0.15) is 0 Å². The van der Waals surface area contributed by atoms with Crippen LogP contribution in [0.5, 0.6) is 5.75 Å². The number of nitrogens with zero attached hydrogens (tertiary/aromatic N) is 2. The molecule has 2 aliphatic heterocycles. The Morgan fingerprint density at radius 3 is 2.50 bits per heavy atom. The van der Waals surface area contributed by atoms with Gasteiger partial charge in [-0.05, 0) is 74.3 Å². The van der Waals surface area contributed by atoms with Gasteiger partial charge in [0.2, 0.25) is 0 Å². The molecule has 2 aromatic carbocycles. The minimum atomic E-state index is -1.05. The lowest BCUT2D eigenvalue weighted by Gasteiger charge is -2.35. The first-order chi connectivity index (χ1) is 18.2. The van der Waals surface area contributed by atoms with E-state index in [-0.39, 0.29) is 11.9 Å². The number of rotatable bonds is 5. The zero-order valence-electron chi connectivity index (χ0n) is 21.5. The molecule has 5 rings (SSSR count). The number of ether oxygens (including phenoxy) is 2. The van der Waals surface area contributed by atoms with Crippen molar-refractivity contribution in [2.24, 2.45) is 0 Å². The highest BCUT2D eigenvalue weighted by Crippen LogP contribution is 2.40. The smallest absolute Gasteiger partial charge is 0.419 e. The molecule has 0 bridgehead atoms. The Labute approximate surface area is 219 Å². The number of hydrogen-bond acceptors (Lipinski definition) is 5. The molecule has 2 heterocycles. The standard InChI is InChI=1S/C28H32F3N3O4/c1-16-26(18-5-10-23(30)24(31)13-18)34(28(36)38-16)27(35)32-20-11-12-33(15-20)21-7-3-17(4-8-21)22-9-6-19(29)14-25(22)37-2/h5-6,9-10,13-14,16-17,20-21,26H,3-4,7-8,11-12,15H2,1-2H3,(H,32,35). The van der Waals surface area contributed by atoms with Gasteiger partial charge >= 0.3 is 12.1 Å². The second-order valence-corrected chi connectivity index (χ2v) is 10.4. The Hall–Kier alpha value is -3.27. The molecule has 3 amide bonds. The predicted octanol–water partition coefficient (Wildman–Crippen LogP) is 5.50. The molecule has 1 saturated carbocycles. The zero-order valence-corrected chi connectivity index (χ0v) is 21.5. The molecule has 1 aliphatic carbocycles. The van der Waals surface area contributed by atoms with E-state index in [1.54, 1.807) is 14.0 Å². The first-order valence-corrected chi connectivity index (χ1v) is 13.1. The van der Waals surface area contributed by atoms with Crippen LogP contribution in [0.15, 0.2) is 36.4 Å². The van der Waals surface area contributed by atoms with E-state index in [2.05, 4.69) is 10.2 Å². The first-order valence-electron chi connectivity index (χ1n) is 13.1. The van der Waals surface area contributed by atoms with Gasteiger partial charge in [0.05, 0.1) is 7.11 Å². The van der Waals surface area contributed by atoms with Crippen LogP contribution in [0.3, 0.4) is 0 Å². The zero-order chi connectivity index (χ0) is 27.0. The molecule has 3 aliphatic rings. The highest BCUT2D eigenvalue weighted by Gasteiger charge is 2.45. The Morgan fingerprint density at radius 2 is 1.79 bits per heavy atom. The number of urea groups is 1. The number of hydrogen-bond donors (Lipinski definition) is 1. The molecule has 2 saturated heterocycles. The summed E-state index contributed by atoms with van der Waals surface area (Å²) in [5.74, 6) is -1.45. The van der Waals surface area contributed by atoms with E-state index in [0.717, 1.165) is 61.2 Å². The van der Waals surface area contributed by atoms with E-state index < -0.39 is 35.9 Å². The van der Waals surface area contributed by atoms with Crippen molar-refractivity contribution in [1.82, 2.24) is 15.1 Å². The number of nitrogens with one attached hydrogen (secondary N) is 1. The van der Waals surface area contributed by atoms with Gasteiger partial charge in [-0.1, -0.05) is 12.1 Å². The SMILES string of the molecule is COc1cc(F)ccc1C1CCC(N2CCC(NC(=O)N3C(=O)OC(C)C3c3ccc(F)c(F)c3)C2)CC1. The molecule has 2 aromatic rings. The number of cyclic esters (lactones) is 1. The van der Waals surface area contributed by atoms with Crippen LogP contribution in [0.2, 0.25) is 0 Å². The molecule has 10 heteroatoms. The Balaban J connectivity index is 1.18. The summed E-state index contributed by atoms with van der Waals surface area (Å²) in [6.45, 7) is 3.11. The summed E-state index contributed by atoms with van der Waals surface area (Å²) < 4.78 is 51.6. The fourth-order valence-corrected chi connectivity index (χ4v) is 6.18. The normalized spacial score (nSPS) is 27.9. The van der Waals surface area contributed by atoms with Crippen molar-refractivity contribution >= 4 is 12.1 Å². The van der Waals surface area contributed by atoms with Crippen LogP contribution in [-0.2, 0) is 4.74 Å². The summed E-state index contributed by atoms with van der Waals surface area (Å²) >= 11 is 0. The highest BCUT2D eigenvalue weighted by molar-refractivity contribution is 5.93. The number of methoxy groups -OCH3 is 1. The second kappa shape index (κ2) is 10.8. The van der Waals surface area contributed by atoms with E-state index in [9.17, 15) is 22.8 Å². The molecule has 204 valence electrons. The van der Waals surface area contributed by atoms with Crippen molar-refractivity contribution in [3.05, 3.63) is 65.0 Å². The number of carbonyl (C=O) groups excluding carboxylic acids is 2. The number of halogens is 3. The Morgan fingerprint density at radius 1 is 1.03 bits per heavy atom. The summed E-state index contributed by atoms with van der Waals surface area (Å²) in [7, 11) is 1.56. The average molecular weight is 532 g/mol. The van der Waals surface area contributed by atoms with Crippen molar-refractivity contribution < 1.29 is 32.2 Å². The van der Waals surface area contributed by atoms with Crippen molar-refractivity contribution in [3.8, 4) is 5.75 Å². The fourth-order valence-electron chi connectivity index (χ4n) is 6.18. The van der Waals surface area contributed by atoms with Gasteiger partial charge in [-0.25, -0.2) is 27.7 Å². The summed E-state index contributed by atoms with van der Waals surface area (Å²) in [4.78, 5) is 29.0. The second-order valence-electron chi connectivity index (χ2n) is 10.4. The monoisotopic (exact) mass is 531 g/mol. The van der Waals surface area contributed by atoms with Crippen LogP contribution in [0.4, 0.5) is 22.8 Å². The maximum Gasteiger partial charge on any atom is 0.419 e. The molecule has 1 N–H and O–H groups in total. The summed E-state index contributed by atoms with van der Waals surface area (Å²) in [6, 6.07) is 6.84. The van der Waals surface area contributed by atoms with Gasteiger partial charge in [0, 0.05) is 31.2 Å². The lowest BCUT2D eigenvalue weighted by atomic mass is 9.81. The average Bonchev–Trinajstić information content (AvgIpc) is 3.48. The van der Waals surface area contributed by atoms with Crippen molar-refractivity contribution in [2.75, 3.05) is 20.2 Å². The van der Waals surface area contributed by atoms with Crippen molar-refractivity contribution in [3.63, 3.8) is 0 Å². The maximum atomic E-state index is 13.9. The fraction of sp³-hybridized carbons (Fsp3) is 0.500. The molecule has 0 spiro atoms. The van der Waals surface area contributed by atoms with Crippen molar-refractivity contribution in [2.45, 2.75) is 69.2 Å². The molecule has 3 atom stereocenters. The van der Waals surface area contributed by atoms with E-state index in [1.807, 2.05) is 6.07 Å². The van der Waals surface area contributed by atoms with Crippen LogP contribution >= 0.6 is 0 Å². The van der Waals surface area contributed by atoms with Crippen molar-refractivity contribution in [1.29, 1.82) is 0 Å². The molecule has 0 radical (unpaired) electrons. The summed E-state index contributed by atoms with van der Waals surface area (Å²) in [6.07, 6.45) is 3.13. The van der Waals surface area contributed by atoms with Gasteiger partial charge < -0.3 is 14.8 Å². The van der Waals surface area contributed by atoms with E-state index in [4.69, 9.17) is 9.47 Å². The highest BCUT2D eigenvalue weighted by atomic mass is 19.2. The largest absolute Gasteiger partial charge is 0.496 e. The number of amides is 3. The molecule has 3 unspecified atom stereocenters. The maximum absolute atomic E-state index is 13.9. The number of benzene rings is 2. The predicted molar refractivity (Wildman–Crippen MR) is 133 cm³/mol. The Kier molecular flexibility index (Phi) is 7.52. The number of imide groups is 1. The van der Waals surface area contributed by atoms with E-state index in [1.165, 1.54) is 18.2 Å². The van der Waals surface area contributed by atoms with Gasteiger partial charge in [-0.3, -0.25) is 4.90 Å². The summed E-state index contributed by atoms with van der Waals surface area (Å²) in [5, 5.41) is 2.95. The number of carbonyl (C=O) groups is 2. The van der Waals surface area contributed by atoms with Gasteiger partial charge in [0.25, 0.3) is 0 Å². The molecular weight excluding hydrogens is 499 g/mol. The molecule has 38 heavy (non-hydrogen) atoms. The third kappa shape index (κ3) is 5.18. The van der Waals surface area contributed by atoms with Gasteiger partial charge in [-0.15, -0.1) is 0 Å². The third-order valence-electron chi connectivity index (χ3n) is 8.11. The van der Waals surface area contributed by atoms with Gasteiger partial charge in [0.1, 0.15) is 23.7 Å². The number of likely N-dealkylation sites (tertiary alicyclic amines) is 1. The lowest BCUT2D eigenvalue weighted by molar-refractivity contribution is 0.137. The minimum Gasteiger partial charge on any atom is -0.496 e. The summed E-state index contributed by atoms with van der Waals surface area (Å²) in [5.41, 5.74) is 1.33. The van der Waals surface area contributed by atoms with Crippen LogP contribution in [-0.4, -0.2) is 60.3 Å². The Bertz CT molecular complexity index is 1200. The molecular formula is C28H32F3N3O4. The molecule has 7 nitrogen and oxygen atoms in total. The van der Waals surface area contributed by atoms with Crippen LogP contribution < -0.4 is 10.1 Å². The molecule has 0 aromatic heterocycles. The van der Waals surface area contributed by atoms with E-state index >= 15 is 0 Å². The minimum absolute atomic E-state index is 0.147. The lowest BCUT2D eigenvalue weighted by Crippen LogP contribution is -2.48. The van der Waals surface area contributed by atoms with Crippen LogP contribution in [0.1, 0.15) is 62.1 Å². The first kappa shape index (κ1) is 26.3.